The fourth-order valence-corrected chi connectivity index (χ4v) is 2.18. The summed E-state index contributed by atoms with van der Waals surface area (Å²) in [5, 5.41) is 3.18. The topological polar surface area (TPSA) is 43.3 Å². The molecule has 1 saturated carbocycles. The van der Waals surface area contributed by atoms with E-state index in [1.54, 1.807) is 7.11 Å². The van der Waals surface area contributed by atoms with E-state index in [9.17, 15) is 4.79 Å². The molecule has 1 aromatic rings. The first-order valence-corrected chi connectivity index (χ1v) is 6.12. The van der Waals surface area contributed by atoms with E-state index >= 15 is 0 Å². The molecular weight excluding hydrogens is 216 g/mol. The van der Waals surface area contributed by atoms with Crippen LogP contribution in [0.2, 0.25) is 0 Å². The van der Waals surface area contributed by atoms with Crippen LogP contribution in [-0.2, 0) is 4.74 Å². The van der Waals surface area contributed by atoms with E-state index in [-0.39, 0.29) is 11.6 Å². The third kappa shape index (κ3) is 2.52. The SMILES string of the molecule is CO[C@H]1C[C@H](n2cccc(NC(C)C)c2=O)C1. The predicted octanol–water partition coefficient (Wildman–Crippen LogP) is 2.02. The van der Waals surface area contributed by atoms with Crippen LogP contribution in [-0.4, -0.2) is 23.8 Å². The van der Waals surface area contributed by atoms with E-state index < -0.39 is 0 Å². The molecule has 0 aliphatic heterocycles. The number of nitrogens with one attached hydrogen (secondary N) is 1. The Balaban J connectivity index is 2.16. The van der Waals surface area contributed by atoms with Crippen LogP contribution in [0.25, 0.3) is 0 Å². The Morgan fingerprint density at radius 2 is 2.18 bits per heavy atom. The van der Waals surface area contributed by atoms with Gasteiger partial charge in [-0.15, -0.1) is 0 Å². The van der Waals surface area contributed by atoms with Gasteiger partial charge in [0.2, 0.25) is 0 Å². The largest absolute Gasteiger partial charge is 0.381 e. The Bertz CT molecular complexity index is 433. The minimum atomic E-state index is 0.0701. The molecule has 2 rings (SSSR count). The molecule has 0 saturated heterocycles. The number of methoxy groups -OCH3 is 1. The molecule has 1 aromatic heterocycles. The molecule has 94 valence electrons. The molecule has 1 aliphatic rings. The average Bonchev–Trinajstić information content (AvgIpc) is 2.21. The van der Waals surface area contributed by atoms with E-state index in [0.29, 0.717) is 17.8 Å². The summed E-state index contributed by atoms with van der Waals surface area (Å²) in [6, 6.07) is 4.32. The van der Waals surface area contributed by atoms with Crippen LogP contribution < -0.4 is 10.9 Å². The van der Waals surface area contributed by atoms with Crippen molar-refractivity contribution in [3.05, 3.63) is 28.7 Å². The molecule has 0 unspecified atom stereocenters. The summed E-state index contributed by atoms with van der Waals surface area (Å²) in [6.07, 6.45) is 4.04. The molecule has 1 heterocycles. The van der Waals surface area contributed by atoms with Gasteiger partial charge in [-0.05, 0) is 38.8 Å². The number of anilines is 1. The second-order valence-electron chi connectivity index (χ2n) is 4.92. The highest BCUT2D eigenvalue weighted by Gasteiger charge is 2.31. The minimum absolute atomic E-state index is 0.0701. The number of ether oxygens (including phenoxy) is 1. The lowest BCUT2D eigenvalue weighted by molar-refractivity contribution is 0.00521. The summed E-state index contributed by atoms with van der Waals surface area (Å²) in [4.78, 5) is 12.2. The number of hydrogen-bond acceptors (Lipinski definition) is 3. The van der Waals surface area contributed by atoms with Gasteiger partial charge in [-0.1, -0.05) is 0 Å². The van der Waals surface area contributed by atoms with E-state index in [4.69, 9.17) is 4.74 Å². The van der Waals surface area contributed by atoms with Crippen molar-refractivity contribution < 1.29 is 4.74 Å². The predicted molar refractivity (Wildman–Crippen MR) is 68.5 cm³/mol. The van der Waals surface area contributed by atoms with Crippen molar-refractivity contribution in [3.8, 4) is 0 Å². The first-order chi connectivity index (χ1) is 8.11. The lowest BCUT2D eigenvalue weighted by atomic mass is 9.89. The molecule has 1 aliphatic carbocycles. The molecular formula is C13H20N2O2. The fraction of sp³-hybridized carbons (Fsp3) is 0.615. The normalized spacial score (nSPS) is 23.5. The summed E-state index contributed by atoms with van der Waals surface area (Å²) < 4.78 is 7.06. The van der Waals surface area contributed by atoms with Gasteiger partial charge >= 0.3 is 0 Å². The van der Waals surface area contributed by atoms with Crippen molar-refractivity contribution in [1.82, 2.24) is 4.57 Å². The van der Waals surface area contributed by atoms with Gasteiger partial charge in [0.1, 0.15) is 5.69 Å². The number of pyridine rings is 1. The van der Waals surface area contributed by atoms with Crippen molar-refractivity contribution in [2.45, 2.75) is 44.9 Å². The molecule has 4 heteroatoms. The highest BCUT2D eigenvalue weighted by molar-refractivity contribution is 5.41. The maximum atomic E-state index is 12.2. The van der Waals surface area contributed by atoms with Gasteiger partial charge in [0.15, 0.2) is 0 Å². The fourth-order valence-electron chi connectivity index (χ4n) is 2.18. The second kappa shape index (κ2) is 4.92. The standard InChI is InChI=1S/C13H20N2O2/c1-9(2)14-12-5-4-6-15(13(12)16)10-7-11(8-10)17-3/h4-6,9-11,14H,7-8H2,1-3H3/t10-,11-. The third-order valence-corrected chi connectivity index (χ3v) is 3.22. The monoisotopic (exact) mass is 236 g/mol. The van der Waals surface area contributed by atoms with Crippen molar-refractivity contribution in [1.29, 1.82) is 0 Å². The maximum Gasteiger partial charge on any atom is 0.274 e. The summed E-state index contributed by atoms with van der Waals surface area (Å²) in [7, 11) is 1.72. The zero-order chi connectivity index (χ0) is 12.4. The lowest BCUT2D eigenvalue weighted by Gasteiger charge is -2.35. The Morgan fingerprint density at radius 1 is 1.47 bits per heavy atom. The van der Waals surface area contributed by atoms with E-state index in [2.05, 4.69) is 5.32 Å². The summed E-state index contributed by atoms with van der Waals surface area (Å²) in [6.45, 7) is 4.06. The molecule has 0 atom stereocenters. The smallest absolute Gasteiger partial charge is 0.274 e. The summed E-state index contributed by atoms with van der Waals surface area (Å²) >= 11 is 0. The number of nitrogens with zero attached hydrogens (tertiary/aromatic N) is 1. The van der Waals surface area contributed by atoms with Crippen molar-refractivity contribution in [3.63, 3.8) is 0 Å². The first-order valence-electron chi connectivity index (χ1n) is 6.12. The van der Waals surface area contributed by atoms with Crippen LogP contribution in [0.1, 0.15) is 32.7 Å². The van der Waals surface area contributed by atoms with Gasteiger partial charge < -0.3 is 14.6 Å². The van der Waals surface area contributed by atoms with Crippen molar-refractivity contribution in [2.75, 3.05) is 12.4 Å². The van der Waals surface area contributed by atoms with Crippen LogP contribution in [0, 0.1) is 0 Å². The van der Waals surface area contributed by atoms with Crippen molar-refractivity contribution >= 4 is 5.69 Å². The second-order valence-corrected chi connectivity index (χ2v) is 4.92. The Hall–Kier alpha value is -1.29. The maximum absolute atomic E-state index is 12.2. The summed E-state index contributed by atoms with van der Waals surface area (Å²) in [5.74, 6) is 0. The van der Waals surface area contributed by atoms with Crippen LogP contribution >= 0.6 is 0 Å². The molecule has 17 heavy (non-hydrogen) atoms. The molecule has 1 N–H and O–H groups in total. The molecule has 4 nitrogen and oxygen atoms in total. The molecule has 1 fully saturated rings. The zero-order valence-corrected chi connectivity index (χ0v) is 10.6. The molecule has 0 spiro atoms. The van der Waals surface area contributed by atoms with Gasteiger partial charge in [-0.25, -0.2) is 0 Å². The third-order valence-electron chi connectivity index (χ3n) is 3.22. The van der Waals surface area contributed by atoms with Gasteiger partial charge in [-0.3, -0.25) is 4.79 Å². The number of rotatable bonds is 4. The quantitative estimate of drug-likeness (QED) is 0.869. The van der Waals surface area contributed by atoms with Gasteiger partial charge in [0.25, 0.3) is 5.56 Å². The summed E-state index contributed by atoms with van der Waals surface area (Å²) in [5.41, 5.74) is 0.754. The number of hydrogen-bond donors (Lipinski definition) is 1. The van der Waals surface area contributed by atoms with Crippen LogP contribution in [0.5, 0.6) is 0 Å². The number of aromatic nitrogens is 1. The zero-order valence-electron chi connectivity index (χ0n) is 10.6. The first kappa shape index (κ1) is 12.2. The Kier molecular flexibility index (Phi) is 3.52. The van der Waals surface area contributed by atoms with Crippen molar-refractivity contribution in [2.24, 2.45) is 0 Å². The molecule has 0 radical (unpaired) electrons. The molecule has 0 aromatic carbocycles. The van der Waals surface area contributed by atoms with E-state index in [0.717, 1.165) is 12.8 Å². The van der Waals surface area contributed by atoms with E-state index in [1.807, 2.05) is 36.7 Å². The minimum Gasteiger partial charge on any atom is -0.381 e. The van der Waals surface area contributed by atoms with Crippen LogP contribution in [0.3, 0.4) is 0 Å². The van der Waals surface area contributed by atoms with Crippen LogP contribution in [0.4, 0.5) is 5.69 Å². The molecule has 0 amide bonds. The highest BCUT2D eigenvalue weighted by Crippen LogP contribution is 2.33. The lowest BCUT2D eigenvalue weighted by Crippen LogP contribution is -2.38. The van der Waals surface area contributed by atoms with E-state index in [1.165, 1.54) is 0 Å². The van der Waals surface area contributed by atoms with Crippen LogP contribution in [0.15, 0.2) is 23.1 Å². The van der Waals surface area contributed by atoms with Gasteiger partial charge in [0.05, 0.1) is 6.10 Å². The highest BCUT2D eigenvalue weighted by atomic mass is 16.5. The van der Waals surface area contributed by atoms with Gasteiger partial charge in [0, 0.05) is 25.4 Å². The molecule has 0 bridgehead atoms. The van der Waals surface area contributed by atoms with Gasteiger partial charge in [-0.2, -0.15) is 0 Å². The Morgan fingerprint density at radius 3 is 2.76 bits per heavy atom. The Labute approximate surface area is 102 Å². The average molecular weight is 236 g/mol.